The van der Waals surface area contributed by atoms with Crippen LogP contribution in [0.2, 0.25) is 0 Å². The molecule has 7 heteroatoms. The Morgan fingerprint density at radius 3 is 2.26 bits per heavy atom. The Labute approximate surface area is 220 Å². The average molecular weight is 499 g/mol. The third-order valence-electron chi connectivity index (χ3n) is 7.04. The maximum absolute atomic E-state index is 6.05. The summed E-state index contributed by atoms with van der Waals surface area (Å²) in [4.78, 5) is 12.5. The van der Waals surface area contributed by atoms with Gasteiger partial charge in [0.2, 0.25) is 0 Å². The van der Waals surface area contributed by atoms with Gasteiger partial charge in [-0.25, -0.2) is 14.7 Å². The van der Waals surface area contributed by atoms with Crippen molar-refractivity contribution in [3.05, 3.63) is 119 Å². The minimum atomic E-state index is -0.266. The van der Waals surface area contributed by atoms with Crippen LogP contribution in [0.5, 0.6) is 0 Å². The summed E-state index contributed by atoms with van der Waals surface area (Å²) in [5.74, 6) is 2.98. The largest absolute Gasteiger partial charge is 0.467 e. The maximum atomic E-state index is 6.05. The van der Waals surface area contributed by atoms with E-state index in [1.54, 1.807) is 6.26 Å². The number of benzene rings is 3. The first-order valence-corrected chi connectivity index (χ1v) is 12.7. The van der Waals surface area contributed by atoms with Gasteiger partial charge in [-0.05, 0) is 69.3 Å². The summed E-state index contributed by atoms with van der Waals surface area (Å²) in [5.41, 5.74) is 8.03. The van der Waals surface area contributed by atoms with E-state index in [4.69, 9.17) is 19.5 Å². The highest BCUT2D eigenvalue weighted by atomic mass is 16.3. The number of rotatable bonds is 3. The zero-order valence-corrected chi connectivity index (χ0v) is 21.4. The van der Waals surface area contributed by atoms with E-state index in [9.17, 15) is 0 Å². The molecule has 0 bridgehead atoms. The van der Waals surface area contributed by atoms with E-state index in [0.717, 1.165) is 45.6 Å². The number of hydrogen-bond donors (Lipinski definition) is 1. The number of aromatic nitrogens is 2. The SMILES string of the molecule is Cc1ccc(NC2=Nc3ccccc3N3C2=Nc2c(c(C)nn2-c2ccc(C)cc2)C3c2ccco2)cc1. The van der Waals surface area contributed by atoms with Crippen molar-refractivity contribution in [2.75, 3.05) is 10.2 Å². The molecule has 7 nitrogen and oxygen atoms in total. The van der Waals surface area contributed by atoms with Gasteiger partial charge in [-0.2, -0.15) is 5.10 Å². The molecule has 5 aromatic rings. The van der Waals surface area contributed by atoms with E-state index in [2.05, 4.69) is 78.7 Å². The number of hydrogen-bond acceptors (Lipinski definition) is 6. The first-order chi connectivity index (χ1) is 18.6. The third kappa shape index (κ3) is 3.55. The molecule has 4 heterocycles. The van der Waals surface area contributed by atoms with Gasteiger partial charge in [-0.15, -0.1) is 0 Å². The molecule has 0 fully saturated rings. The molecule has 0 radical (unpaired) electrons. The lowest BCUT2D eigenvalue weighted by Gasteiger charge is -2.39. The van der Waals surface area contributed by atoms with Crippen LogP contribution in [-0.2, 0) is 0 Å². The van der Waals surface area contributed by atoms with Crippen LogP contribution in [0.15, 0.2) is 106 Å². The lowest BCUT2D eigenvalue weighted by atomic mass is 9.98. The van der Waals surface area contributed by atoms with Crippen LogP contribution in [0.25, 0.3) is 5.69 Å². The fourth-order valence-corrected chi connectivity index (χ4v) is 5.15. The predicted octanol–water partition coefficient (Wildman–Crippen LogP) is 7.19. The minimum absolute atomic E-state index is 0.266. The molecule has 0 amide bonds. The molecule has 2 aliphatic rings. The van der Waals surface area contributed by atoms with Crippen molar-refractivity contribution in [2.24, 2.45) is 9.98 Å². The van der Waals surface area contributed by atoms with Gasteiger partial charge in [0.15, 0.2) is 17.5 Å². The van der Waals surface area contributed by atoms with Crippen molar-refractivity contribution in [3.8, 4) is 5.69 Å². The van der Waals surface area contributed by atoms with Crippen LogP contribution < -0.4 is 10.2 Å². The minimum Gasteiger partial charge on any atom is -0.467 e. The number of aliphatic imine (C=N–C) groups is 2. The lowest BCUT2D eigenvalue weighted by molar-refractivity contribution is 0.487. The third-order valence-corrected chi connectivity index (χ3v) is 7.04. The van der Waals surface area contributed by atoms with E-state index in [-0.39, 0.29) is 6.04 Å². The summed E-state index contributed by atoms with van der Waals surface area (Å²) >= 11 is 0. The summed E-state index contributed by atoms with van der Waals surface area (Å²) in [5, 5.41) is 8.50. The van der Waals surface area contributed by atoms with Gasteiger partial charge in [0.25, 0.3) is 0 Å². The van der Waals surface area contributed by atoms with Crippen LogP contribution >= 0.6 is 0 Å². The molecular formula is C31H26N6O. The Bertz CT molecular complexity index is 1710. The highest BCUT2D eigenvalue weighted by Gasteiger charge is 2.42. The number of aryl methyl sites for hydroxylation is 3. The molecular weight excluding hydrogens is 472 g/mol. The quantitative estimate of drug-likeness (QED) is 0.286. The number of nitrogens with one attached hydrogen (secondary N) is 1. The van der Waals surface area contributed by atoms with Gasteiger partial charge in [-0.1, -0.05) is 47.5 Å². The molecule has 2 aliphatic heterocycles. The van der Waals surface area contributed by atoms with E-state index in [0.29, 0.717) is 11.7 Å². The molecule has 0 aliphatic carbocycles. The second kappa shape index (κ2) is 8.59. The smallest absolute Gasteiger partial charge is 0.179 e. The zero-order valence-electron chi connectivity index (χ0n) is 21.4. The number of fused-ring (bicyclic) bond motifs is 4. The average Bonchev–Trinajstić information content (AvgIpc) is 3.58. The van der Waals surface area contributed by atoms with Crippen LogP contribution in [0.1, 0.15) is 34.2 Å². The highest BCUT2D eigenvalue weighted by Crippen LogP contribution is 2.48. The lowest BCUT2D eigenvalue weighted by Crippen LogP contribution is -2.46. The fourth-order valence-electron chi connectivity index (χ4n) is 5.15. The van der Waals surface area contributed by atoms with Gasteiger partial charge < -0.3 is 14.6 Å². The van der Waals surface area contributed by atoms with E-state index < -0.39 is 0 Å². The van der Waals surface area contributed by atoms with Crippen molar-refractivity contribution in [1.82, 2.24) is 9.78 Å². The normalized spacial score (nSPS) is 15.8. The van der Waals surface area contributed by atoms with Crippen molar-refractivity contribution in [2.45, 2.75) is 26.8 Å². The molecule has 0 saturated heterocycles. The van der Waals surface area contributed by atoms with Crippen molar-refractivity contribution in [1.29, 1.82) is 0 Å². The molecule has 1 atom stereocenters. The molecule has 7 rings (SSSR count). The van der Waals surface area contributed by atoms with Crippen LogP contribution in [-0.4, -0.2) is 21.5 Å². The molecule has 0 spiro atoms. The maximum Gasteiger partial charge on any atom is 0.179 e. The molecule has 186 valence electrons. The topological polar surface area (TPSA) is 71.0 Å². The van der Waals surface area contributed by atoms with E-state index in [1.807, 2.05) is 41.9 Å². The number of nitrogens with zero attached hydrogens (tertiary/aromatic N) is 5. The molecule has 38 heavy (non-hydrogen) atoms. The van der Waals surface area contributed by atoms with Gasteiger partial charge in [0, 0.05) is 5.69 Å². The fraction of sp³-hybridized carbons (Fsp3) is 0.129. The van der Waals surface area contributed by atoms with E-state index in [1.165, 1.54) is 11.1 Å². The Hall–Kier alpha value is -4.91. The monoisotopic (exact) mass is 498 g/mol. The first kappa shape index (κ1) is 22.3. The van der Waals surface area contributed by atoms with Gasteiger partial charge in [-0.3, -0.25) is 0 Å². The molecule has 1 unspecified atom stereocenters. The summed E-state index contributed by atoms with van der Waals surface area (Å²) in [6, 6.07) is 28.4. The molecule has 1 N–H and O–H groups in total. The van der Waals surface area contributed by atoms with Gasteiger partial charge >= 0.3 is 0 Å². The summed E-state index contributed by atoms with van der Waals surface area (Å²) in [7, 11) is 0. The van der Waals surface area contributed by atoms with Crippen molar-refractivity contribution < 1.29 is 4.42 Å². The second-order valence-corrected chi connectivity index (χ2v) is 9.73. The zero-order chi connectivity index (χ0) is 25.8. The Morgan fingerprint density at radius 1 is 0.789 bits per heavy atom. The van der Waals surface area contributed by atoms with Crippen molar-refractivity contribution >= 4 is 34.6 Å². The van der Waals surface area contributed by atoms with Crippen molar-refractivity contribution in [3.63, 3.8) is 0 Å². The Balaban J connectivity index is 1.48. The molecule has 2 aromatic heterocycles. The molecule has 0 saturated carbocycles. The Morgan fingerprint density at radius 2 is 1.53 bits per heavy atom. The highest BCUT2D eigenvalue weighted by molar-refractivity contribution is 6.51. The second-order valence-electron chi connectivity index (χ2n) is 9.73. The standard InChI is InChI=1S/C31H26N6O/c1-19-10-14-22(15-11-19)32-29-31-34-30-27(21(3)35-37(30)23-16-12-20(2)13-17-23)28(26-9-6-18-38-26)36(31)25-8-5-4-7-24(25)33-29/h4-18,28H,1-3H3,(H,32,33). The summed E-state index contributed by atoms with van der Waals surface area (Å²) in [6.45, 7) is 6.20. The first-order valence-electron chi connectivity index (χ1n) is 12.7. The van der Waals surface area contributed by atoms with Crippen LogP contribution in [0.4, 0.5) is 22.9 Å². The van der Waals surface area contributed by atoms with E-state index >= 15 is 0 Å². The number of amidine groups is 2. The Kier molecular flexibility index (Phi) is 5.04. The number of para-hydroxylation sites is 2. The van der Waals surface area contributed by atoms with Crippen LogP contribution in [0, 0.1) is 20.8 Å². The van der Waals surface area contributed by atoms with Gasteiger partial charge in [0.05, 0.1) is 34.6 Å². The molecule has 3 aromatic carbocycles. The van der Waals surface area contributed by atoms with Crippen LogP contribution in [0.3, 0.4) is 0 Å². The summed E-state index contributed by atoms with van der Waals surface area (Å²) in [6.07, 6.45) is 1.72. The predicted molar refractivity (Wildman–Crippen MR) is 152 cm³/mol. The van der Waals surface area contributed by atoms with Gasteiger partial charge in [0.1, 0.15) is 11.8 Å². The summed E-state index contributed by atoms with van der Waals surface area (Å²) < 4.78 is 7.98. The number of anilines is 2. The number of furan rings is 1.